The minimum absolute atomic E-state index is 0.349. The summed E-state index contributed by atoms with van der Waals surface area (Å²) < 4.78 is 10.2. The molecule has 0 aliphatic carbocycles. The van der Waals surface area contributed by atoms with Crippen molar-refractivity contribution < 1.29 is 14.3 Å². The molecule has 0 aliphatic rings. The van der Waals surface area contributed by atoms with Crippen molar-refractivity contribution in [2.45, 2.75) is 6.92 Å². The van der Waals surface area contributed by atoms with Gasteiger partial charge in [-0.2, -0.15) is 0 Å². The molecule has 0 N–H and O–H groups in total. The molecule has 4 heteroatoms. The highest BCUT2D eigenvalue weighted by Gasteiger charge is 2.07. The minimum Gasteiger partial charge on any atom is -0.497 e. The van der Waals surface area contributed by atoms with Gasteiger partial charge in [0.2, 0.25) is 0 Å². The molecular formula is C15H13ClO3. The van der Waals surface area contributed by atoms with Gasteiger partial charge in [0.25, 0.3) is 0 Å². The molecule has 0 fully saturated rings. The Morgan fingerprint density at radius 3 is 2.53 bits per heavy atom. The molecule has 0 radical (unpaired) electrons. The van der Waals surface area contributed by atoms with Crippen molar-refractivity contribution in [3.05, 3.63) is 47.5 Å². The largest absolute Gasteiger partial charge is 0.497 e. The van der Waals surface area contributed by atoms with Gasteiger partial charge in [-0.1, -0.05) is 23.7 Å². The Kier molecular flexibility index (Phi) is 4.07. The fourth-order valence-corrected chi connectivity index (χ4v) is 2.03. The lowest BCUT2D eigenvalue weighted by Crippen LogP contribution is -2.01. The quantitative estimate of drug-likeness (QED) is 0.629. The number of carbonyl (C=O) groups is 1. The van der Waals surface area contributed by atoms with Crippen LogP contribution in [-0.2, 0) is 4.79 Å². The number of esters is 1. The van der Waals surface area contributed by atoms with Crippen LogP contribution in [0.4, 0.5) is 0 Å². The van der Waals surface area contributed by atoms with E-state index >= 15 is 0 Å². The van der Waals surface area contributed by atoms with Gasteiger partial charge >= 0.3 is 5.97 Å². The predicted octanol–water partition coefficient (Wildman–Crippen LogP) is 3.94. The molecule has 0 bridgehead atoms. The van der Waals surface area contributed by atoms with Gasteiger partial charge in [-0.05, 0) is 35.9 Å². The highest BCUT2D eigenvalue weighted by molar-refractivity contribution is 6.33. The third-order valence-electron chi connectivity index (χ3n) is 2.58. The van der Waals surface area contributed by atoms with Crippen LogP contribution < -0.4 is 9.47 Å². The van der Waals surface area contributed by atoms with E-state index < -0.39 is 0 Å². The van der Waals surface area contributed by atoms with Crippen LogP contribution >= 0.6 is 11.6 Å². The summed E-state index contributed by atoms with van der Waals surface area (Å²) in [5.74, 6) is 0.847. The lowest BCUT2D eigenvalue weighted by Gasteiger charge is -2.08. The van der Waals surface area contributed by atoms with Gasteiger partial charge in [0.15, 0.2) is 0 Å². The molecule has 98 valence electrons. The smallest absolute Gasteiger partial charge is 0.308 e. The van der Waals surface area contributed by atoms with E-state index in [2.05, 4.69) is 0 Å². The molecule has 0 aliphatic heterocycles. The van der Waals surface area contributed by atoms with Gasteiger partial charge in [0.05, 0.1) is 12.1 Å². The Labute approximate surface area is 116 Å². The van der Waals surface area contributed by atoms with E-state index in [1.807, 2.05) is 24.3 Å². The number of benzene rings is 2. The van der Waals surface area contributed by atoms with Crippen LogP contribution in [0, 0.1) is 0 Å². The van der Waals surface area contributed by atoms with Gasteiger partial charge in [-0.3, -0.25) is 4.79 Å². The molecule has 19 heavy (non-hydrogen) atoms. The van der Waals surface area contributed by atoms with Crippen LogP contribution in [0.15, 0.2) is 42.5 Å². The number of hydrogen-bond donors (Lipinski definition) is 0. The fraction of sp³-hybridized carbons (Fsp3) is 0.133. The van der Waals surface area contributed by atoms with Crippen molar-refractivity contribution in [1.29, 1.82) is 0 Å². The van der Waals surface area contributed by atoms with E-state index in [1.54, 1.807) is 25.3 Å². The number of hydrogen-bond acceptors (Lipinski definition) is 3. The Morgan fingerprint density at radius 2 is 1.89 bits per heavy atom. The molecule has 0 saturated carbocycles. The van der Waals surface area contributed by atoms with Crippen LogP contribution in [0.2, 0.25) is 5.02 Å². The first kappa shape index (κ1) is 13.4. The molecule has 0 amide bonds. The third kappa shape index (κ3) is 3.26. The first-order chi connectivity index (χ1) is 9.10. The SMILES string of the molecule is COc1ccc(-c2cccc(OC(C)=O)c2)c(Cl)c1. The maximum Gasteiger partial charge on any atom is 0.308 e. The summed E-state index contributed by atoms with van der Waals surface area (Å²) in [6.07, 6.45) is 0. The van der Waals surface area contributed by atoms with E-state index in [4.69, 9.17) is 21.1 Å². The van der Waals surface area contributed by atoms with Crippen LogP contribution in [0.25, 0.3) is 11.1 Å². The van der Waals surface area contributed by atoms with Gasteiger partial charge in [-0.15, -0.1) is 0 Å². The maximum atomic E-state index is 10.9. The topological polar surface area (TPSA) is 35.5 Å². The van der Waals surface area contributed by atoms with Crippen molar-refractivity contribution in [1.82, 2.24) is 0 Å². The zero-order valence-corrected chi connectivity index (χ0v) is 11.4. The van der Waals surface area contributed by atoms with E-state index in [-0.39, 0.29) is 5.97 Å². The van der Waals surface area contributed by atoms with E-state index in [1.165, 1.54) is 6.92 Å². The Balaban J connectivity index is 2.38. The first-order valence-corrected chi connectivity index (χ1v) is 6.10. The Morgan fingerprint density at radius 1 is 1.11 bits per heavy atom. The normalized spacial score (nSPS) is 10.1. The van der Waals surface area contributed by atoms with E-state index in [9.17, 15) is 4.79 Å². The molecular weight excluding hydrogens is 264 g/mol. The monoisotopic (exact) mass is 276 g/mol. The molecule has 2 aromatic rings. The summed E-state index contributed by atoms with van der Waals surface area (Å²) in [5.41, 5.74) is 1.74. The Hall–Kier alpha value is -2.00. The van der Waals surface area contributed by atoms with Crippen LogP contribution in [0.1, 0.15) is 6.92 Å². The number of carbonyl (C=O) groups excluding carboxylic acids is 1. The molecule has 2 rings (SSSR count). The highest BCUT2D eigenvalue weighted by Crippen LogP contribution is 2.32. The lowest BCUT2D eigenvalue weighted by atomic mass is 10.1. The van der Waals surface area contributed by atoms with E-state index in [0.717, 1.165) is 11.1 Å². The standard InChI is InChI=1S/C15H13ClO3/c1-10(17)19-13-5-3-4-11(8-13)14-7-6-12(18-2)9-15(14)16/h3-9H,1-2H3. The van der Waals surface area contributed by atoms with E-state index in [0.29, 0.717) is 16.5 Å². The summed E-state index contributed by atoms with van der Waals surface area (Å²) in [7, 11) is 1.59. The number of halogens is 1. The summed E-state index contributed by atoms with van der Waals surface area (Å²) in [6.45, 7) is 1.37. The molecule has 0 spiro atoms. The molecule has 3 nitrogen and oxygen atoms in total. The third-order valence-corrected chi connectivity index (χ3v) is 2.90. The number of methoxy groups -OCH3 is 1. The van der Waals surface area contributed by atoms with Crippen molar-refractivity contribution >= 4 is 17.6 Å². The van der Waals surface area contributed by atoms with Gasteiger partial charge < -0.3 is 9.47 Å². The molecule has 0 aromatic heterocycles. The summed E-state index contributed by atoms with van der Waals surface area (Å²) >= 11 is 6.21. The average molecular weight is 277 g/mol. The molecule has 0 heterocycles. The molecule has 0 unspecified atom stereocenters. The fourth-order valence-electron chi connectivity index (χ4n) is 1.75. The summed E-state index contributed by atoms with van der Waals surface area (Å²) in [4.78, 5) is 10.9. The maximum absolute atomic E-state index is 10.9. The van der Waals surface area contributed by atoms with Crippen molar-refractivity contribution in [3.8, 4) is 22.6 Å². The molecule has 0 atom stereocenters. The minimum atomic E-state index is -0.349. The second-order valence-corrected chi connectivity index (χ2v) is 4.37. The number of rotatable bonds is 3. The van der Waals surface area contributed by atoms with Crippen molar-refractivity contribution in [3.63, 3.8) is 0 Å². The van der Waals surface area contributed by atoms with Gasteiger partial charge in [-0.25, -0.2) is 0 Å². The second kappa shape index (κ2) is 5.76. The van der Waals surface area contributed by atoms with Crippen molar-refractivity contribution in [2.75, 3.05) is 7.11 Å². The zero-order valence-electron chi connectivity index (χ0n) is 10.6. The van der Waals surface area contributed by atoms with Crippen LogP contribution in [0.3, 0.4) is 0 Å². The van der Waals surface area contributed by atoms with Crippen LogP contribution in [0.5, 0.6) is 11.5 Å². The zero-order chi connectivity index (χ0) is 13.8. The predicted molar refractivity (Wildman–Crippen MR) is 74.7 cm³/mol. The average Bonchev–Trinajstić information content (AvgIpc) is 2.38. The van der Waals surface area contributed by atoms with Crippen molar-refractivity contribution in [2.24, 2.45) is 0 Å². The molecule has 0 saturated heterocycles. The van der Waals surface area contributed by atoms with Gasteiger partial charge in [0, 0.05) is 12.5 Å². The van der Waals surface area contributed by atoms with Gasteiger partial charge in [0.1, 0.15) is 11.5 Å². The summed E-state index contributed by atoms with van der Waals surface area (Å²) in [6, 6.07) is 12.7. The summed E-state index contributed by atoms with van der Waals surface area (Å²) in [5, 5.41) is 0.583. The lowest BCUT2D eigenvalue weighted by molar-refractivity contribution is -0.131. The highest BCUT2D eigenvalue weighted by atomic mass is 35.5. The Bertz CT molecular complexity index is 608. The second-order valence-electron chi connectivity index (χ2n) is 3.97. The molecule has 2 aromatic carbocycles. The van der Waals surface area contributed by atoms with Crippen LogP contribution in [-0.4, -0.2) is 13.1 Å². The first-order valence-electron chi connectivity index (χ1n) is 5.72. The number of ether oxygens (including phenoxy) is 2.